The molecule has 98 valence electrons. The summed E-state index contributed by atoms with van der Waals surface area (Å²) in [5.74, 6) is 0.211. The lowest BCUT2D eigenvalue weighted by atomic mass is 9.93. The number of halogens is 2. The van der Waals surface area contributed by atoms with Gasteiger partial charge in [0.2, 0.25) is 10.5 Å². The van der Waals surface area contributed by atoms with Crippen LogP contribution < -0.4 is 0 Å². The molecule has 0 fully saturated rings. The highest BCUT2D eigenvalue weighted by atomic mass is 35.5. The lowest BCUT2D eigenvalue weighted by Gasteiger charge is -2.13. The van der Waals surface area contributed by atoms with Crippen LogP contribution in [-0.2, 0) is 9.59 Å². The summed E-state index contributed by atoms with van der Waals surface area (Å²) >= 11 is 10.7. The molecule has 2 nitrogen and oxygen atoms in total. The number of benzene rings is 1. The van der Waals surface area contributed by atoms with Gasteiger partial charge in [0.15, 0.2) is 0 Å². The quantitative estimate of drug-likeness (QED) is 0.735. The molecule has 1 aromatic carbocycles. The molecule has 0 bridgehead atoms. The number of rotatable bonds is 6. The van der Waals surface area contributed by atoms with Crippen molar-refractivity contribution in [2.75, 3.05) is 0 Å². The fraction of sp³-hybridized carbons (Fsp3) is 0.429. The van der Waals surface area contributed by atoms with Gasteiger partial charge < -0.3 is 0 Å². The van der Waals surface area contributed by atoms with Gasteiger partial charge in [0, 0.05) is 12.8 Å². The van der Waals surface area contributed by atoms with Crippen LogP contribution in [0.5, 0.6) is 0 Å². The average Bonchev–Trinajstić information content (AvgIpc) is 2.27. The summed E-state index contributed by atoms with van der Waals surface area (Å²) in [4.78, 5) is 21.7. The fourth-order valence-electron chi connectivity index (χ4n) is 1.87. The molecule has 0 N–H and O–H groups in total. The number of hydrogen-bond donors (Lipinski definition) is 0. The zero-order valence-corrected chi connectivity index (χ0v) is 12.0. The van der Waals surface area contributed by atoms with Crippen molar-refractivity contribution < 1.29 is 9.59 Å². The van der Waals surface area contributed by atoms with Gasteiger partial charge in [0.1, 0.15) is 0 Å². The first-order valence-corrected chi connectivity index (χ1v) is 6.62. The van der Waals surface area contributed by atoms with Crippen molar-refractivity contribution >= 4 is 33.7 Å². The number of carbonyl (C=O) groups excluding carboxylic acids is 2. The molecule has 0 aliphatic rings. The molecule has 0 aromatic heterocycles. The van der Waals surface area contributed by atoms with E-state index in [2.05, 4.69) is 0 Å². The van der Waals surface area contributed by atoms with Gasteiger partial charge >= 0.3 is 0 Å². The number of carbonyl (C=O) groups is 2. The second-order valence-electron chi connectivity index (χ2n) is 4.59. The maximum absolute atomic E-state index is 10.8. The second kappa shape index (κ2) is 6.91. The first kappa shape index (κ1) is 15.2. The van der Waals surface area contributed by atoms with Crippen molar-refractivity contribution in [2.45, 2.75) is 38.5 Å². The zero-order chi connectivity index (χ0) is 13.7. The summed E-state index contributed by atoms with van der Waals surface area (Å²) in [6.45, 7) is 3.92. The molecule has 0 radical (unpaired) electrons. The van der Waals surface area contributed by atoms with Gasteiger partial charge in [-0.2, -0.15) is 0 Å². The van der Waals surface area contributed by atoms with Crippen molar-refractivity contribution in [3.05, 3.63) is 35.4 Å². The maximum Gasteiger partial charge on any atom is 0.222 e. The van der Waals surface area contributed by atoms with Crippen LogP contribution in [0.1, 0.15) is 49.7 Å². The molecule has 0 saturated carbocycles. The van der Waals surface area contributed by atoms with Crippen LogP contribution in [0.2, 0.25) is 0 Å². The third-order valence-corrected chi connectivity index (χ3v) is 3.32. The van der Waals surface area contributed by atoms with E-state index in [9.17, 15) is 9.59 Å². The van der Waals surface area contributed by atoms with Crippen molar-refractivity contribution in [3.63, 3.8) is 0 Å². The van der Waals surface area contributed by atoms with E-state index in [-0.39, 0.29) is 22.3 Å². The molecule has 0 aliphatic carbocycles. The van der Waals surface area contributed by atoms with Gasteiger partial charge in [-0.15, -0.1) is 0 Å². The molecule has 4 heteroatoms. The minimum atomic E-state index is -0.326. The Labute approximate surface area is 117 Å². The van der Waals surface area contributed by atoms with Crippen molar-refractivity contribution in [3.8, 4) is 0 Å². The van der Waals surface area contributed by atoms with E-state index < -0.39 is 0 Å². The lowest BCUT2D eigenvalue weighted by molar-refractivity contribution is -0.112. The smallest absolute Gasteiger partial charge is 0.222 e. The van der Waals surface area contributed by atoms with Crippen LogP contribution in [0, 0.1) is 0 Å². The van der Waals surface area contributed by atoms with E-state index in [0.29, 0.717) is 12.8 Å². The summed E-state index contributed by atoms with van der Waals surface area (Å²) in [6, 6.07) is 7.87. The van der Waals surface area contributed by atoms with Gasteiger partial charge in [-0.1, -0.05) is 38.1 Å². The predicted molar refractivity (Wildman–Crippen MR) is 74.2 cm³/mol. The van der Waals surface area contributed by atoms with Crippen LogP contribution >= 0.6 is 23.2 Å². The summed E-state index contributed by atoms with van der Waals surface area (Å²) in [6.07, 6.45) is 0.660. The number of hydrogen-bond acceptors (Lipinski definition) is 2. The first-order chi connectivity index (χ1) is 8.40. The predicted octanol–water partition coefficient (Wildman–Crippen LogP) is 4.20. The fourth-order valence-corrected chi connectivity index (χ4v) is 2.33. The highest BCUT2D eigenvalue weighted by Gasteiger charge is 2.12. The molecule has 1 aromatic rings. The van der Waals surface area contributed by atoms with Gasteiger partial charge in [0.25, 0.3) is 0 Å². The largest absolute Gasteiger partial charge is 0.281 e. The third kappa shape index (κ3) is 4.79. The second-order valence-corrected chi connectivity index (χ2v) is 5.43. The molecule has 0 spiro atoms. The molecule has 1 rings (SSSR count). The molecule has 0 amide bonds. The lowest BCUT2D eigenvalue weighted by Crippen LogP contribution is -2.01. The van der Waals surface area contributed by atoms with Gasteiger partial charge in [-0.3, -0.25) is 9.59 Å². The zero-order valence-electron chi connectivity index (χ0n) is 10.5. The average molecular weight is 287 g/mol. The SMILES string of the molecule is CC(CC(=O)Cl)c1ccc(C(C)CC(=O)Cl)cc1. The Hall–Kier alpha value is -0.860. The summed E-state index contributed by atoms with van der Waals surface area (Å²) in [5, 5.41) is -0.652. The Kier molecular flexibility index (Phi) is 5.83. The summed E-state index contributed by atoms with van der Waals surface area (Å²) in [7, 11) is 0. The molecular formula is C14H16Cl2O2. The topological polar surface area (TPSA) is 34.1 Å². The minimum Gasteiger partial charge on any atom is -0.281 e. The monoisotopic (exact) mass is 286 g/mol. The highest BCUT2D eigenvalue weighted by molar-refractivity contribution is 6.63. The van der Waals surface area contributed by atoms with E-state index in [4.69, 9.17) is 23.2 Å². The highest BCUT2D eigenvalue weighted by Crippen LogP contribution is 2.25. The Morgan fingerprint density at radius 1 is 0.889 bits per heavy atom. The maximum atomic E-state index is 10.8. The standard InChI is InChI=1S/C14H16Cl2O2/c1-9(7-13(15)17)11-3-5-12(6-4-11)10(2)8-14(16)18/h3-6,9-10H,7-8H2,1-2H3. The van der Waals surface area contributed by atoms with E-state index in [1.165, 1.54) is 0 Å². The van der Waals surface area contributed by atoms with Gasteiger partial charge in [-0.05, 0) is 46.2 Å². The molecule has 0 aliphatic heterocycles. The van der Waals surface area contributed by atoms with Crippen LogP contribution in [0.4, 0.5) is 0 Å². The van der Waals surface area contributed by atoms with Crippen LogP contribution in [0.3, 0.4) is 0 Å². The van der Waals surface area contributed by atoms with Crippen LogP contribution in [0.25, 0.3) is 0 Å². The molecule has 18 heavy (non-hydrogen) atoms. The molecule has 0 saturated heterocycles. The molecule has 0 heterocycles. The Morgan fingerprint density at radius 3 is 1.39 bits per heavy atom. The molecule has 2 unspecified atom stereocenters. The van der Waals surface area contributed by atoms with E-state index >= 15 is 0 Å². The van der Waals surface area contributed by atoms with Crippen LogP contribution in [0.15, 0.2) is 24.3 Å². The van der Waals surface area contributed by atoms with Gasteiger partial charge in [0.05, 0.1) is 0 Å². The first-order valence-electron chi connectivity index (χ1n) is 5.86. The minimum absolute atomic E-state index is 0.106. The Bertz CT molecular complexity index is 385. The van der Waals surface area contributed by atoms with Crippen LogP contribution in [-0.4, -0.2) is 10.5 Å². The van der Waals surface area contributed by atoms with Gasteiger partial charge in [-0.25, -0.2) is 0 Å². The van der Waals surface area contributed by atoms with Crippen molar-refractivity contribution in [1.29, 1.82) is 0 Å². The normalized spacial score (nSPS) is 14.0. The third-order valence-electron chi connectivity index (χ3n) is 3.01. The molecular weight excluding hydrogens is 271 g/mol. The summed E-state index contributed by atoms with van der Waals surface area (Å²) in [5.41, 5.74) is 2.13. The van der Waals surface area contributed by atoms with E-state index in [0.717, 1.165) is 11.1 Å². The van der Waals surface area contributed by atoms with Crippen molar-refractivity contribution in [1.82, 2.24) is 0 Å². The van der Waals surface area contributed by atoms with E-state index in [1.54, 1.807) is 0 Å². The Morgan fingerprint density at radius 2 is 1.17 bits per heavy atom. The Balaban J connectivity index is 2.73. The van der Waals surface area contributed by atoms with Crippen molar-refractivity contribution in [2.24, 2.45) is 0 Å². The molecule has 2 atom stereocenters. The summed E-state index contributed by atoms with van der Waals surface area (Å²) < 4.78 is 0. The van der Waals surface area contributed by atoms with E-state index in [1.807, 2.05) is 38.1 Å².